The molecule has 0 bridgehead atoms. The zero-order valence-electron chi connectivity index (χ0n) is 70.6. The lowest BCUT2D eigenvalue weighted by Crippen LogP contribution is -1.87. The van der Waals surface area contributed by atoms with Crippen LogP contribution in [0.4, 0.5) is 0 Å². The zero-order valence-corrected chi connectivity index (χ0v) is 70.6. The van der Waals surface area contributed by atoms with Crippen molar-refractivity contribution in [1.82, 2.24) is 0 Å². The summed E-state index contributed by atoms with van der Waals surface area (Å²) in [5, 5.41) is 26.9. The summed E-state index contributed by atoms with van der Waals surface area (Å²) in [7, 11) is 0. The first kappa shape index (κ1) is 81.0. The predicted molar refractivity (Wildman–Crippen MR) is 513 cm³/mol. The second-order valence-corrected chi connectivity index (χ2v) is 31.9. The number of hydrogen-bond acceptors (Lipinski definition) is 0. The molecule has 20 rings (SSSR count). The highest BCUT2D eigenvalue weighted by Gasteiger charge is 2.11. The molecule has 0 nitrogen and oxygen atoms in total. The van der Waals surface area contributed by atoms with Gasteiger partial charge in [0.25, 0.3) is 0 Å². The molecular weight excluding hydrogens is 1390 g/mol. The van der Waals surface area contributed by atoms with Crippen LogP contribution in [0.25, 0.3) is 130 Å². The molecule has 0 aliphatic heterocycles. The summed E-state index contributed by atoms with van der Waals surface area (Å²) in [5.74, 6) is 0. The second-order valence-electron chi connectivity index (χ2n) is 31.9. The molecule has 0 N–H and O–H groups in total. The van der Waals surface area contributed by atoms with Crippen molar-refractivity contribution < 1.29 is 0 Å². The minimum atomic E-state index is 1.27. The average Bonchev–Trinajstić information content (AvgIpc) is 0.692. The van der Waals surface area contributed by atoms with Crippen LogP contribution in [0.3, 0.4) is 0 Å². The van der Waals surface area contributed by atoms with Crippen molar-refractivity contribution in [3.05, 3.63) is 453 Å². The molecule has 0 unspecified atom stereocenters. The number of benzene rings is 20. The van der Waals surface area contributed by atoms with Gasteiger partial charge in [-0.2, -0.15) is 0 Å². The molecular formula is C116H108. The number of aryl methyl sites for hydroxylation is 16. The highest BCUT2D eigenvalue weighted by molar-refractivity contribution is 6.06. The van der Waals surface area contributed by atoms with Gasteiger partial charge in [0, 0.05) is 0 Å². The molecule has 0 saturated heterocycles. The Labute approximate surface area is 689 Å². The SMILES string of the molecule is Cc1c2ccccc2c(C)c2ccccc12.Cc1cc2ccccc2cc1C.Cc1ccc(-c2ccc(C)cc2-c2ccccc2)cc1.Cc1ccc(C)c2cc3ccccc3cc12.Cc1ccc(C)c2ccccc12.Cc1ccc2cc(C)ccc2c1.Cc1ccc2cc3ccc(C)cc3cc2c1.Cc1ccc2ccc(C)cc2c1. The minimum absolute atomic E-state index is 1.27. The average molecular weight is 1500 g/mol. The van der Waals surface area contributed by atoms with E-state index in [2.05, 4.69) is 475 Å². The predicted octanol–water partition coefficient (Wildman–Crippen LogP) is 33.3. The molecule has 0 aliphatic rings. The van der Waals surface area contributed by atoms with Crippen LogP contribution in [0.1, 0.15) is 89.0 Å². The van der Waals surface area contributed by atoms with Gasteiger partial charge >= 0.3 is 0 Å². The Hall–Kier alpha value is -13.0. The molecule has 0 aromatic heterocycles. The van der Waals surface area contributed by atoms with Crippen molar-refractivity contribution in [1.29, 1.82) is 0 Å². The van der Waals surface area contributed by atoms with Gasteiger partial charge in [-0.3, -0.25) is 0 Å². The number of rotatable bonds is 2. The molecule has 0 amide bonds. The summed E-state index contributed by atoms with van der Waals surface area (Å²) in [6, 6.07) is 131. The van der Waals surface area contributed by atoms with Gasteiger partial charge in [0.15, 0.2) is 0 Å². The fourth-order valence-electron chi connectivity index (χ4n) is 15.7. The minimum Gasteiger partial charge on any atom is -0.0622 e. The van der Waals surface area contributed by atoms with E-state index in [9.17, 15) is 0 Å². The van der Waals surface area contributed by atoms with Gasteiger partial charge in [-0.15, -0.1) is 0 Å². The monoisotopic (exact) mass is 1500 g/mol. The van der Waals surface area contributed by atoms with Crippen molar-refractivity contribution >= 4 is 108 Å². The maximum Gasteiger partial charge on any atom is -0.0103 e. The summed E-state index contributed by atoms with van der Waals surface area (Å²) in [6.45, 7) is 34.4. The van der Waals surface area contributed by atoms with Crippen molar-refractivity contribution in [2.75, 3.05) is 0 Å². The number of hydrogen-bond donors (Lipinski definition) is 0. The summed E-state index contributed by atoms with van der Waals surface area (Å²) < 4.78 is 0. The highest BCUT2D eigenvalue weighted by Crippen LogP contribution is 2.36. The van der Waals surface area contributed by atoms with Gasteiger partial charge in [-0.1, -0.05) is 384 Å². The summed E-state index contributed by atoms with van der Waals surface area (Å²) in [6.07, 6.45) is 0. The fourth-order valence-corrected chi connectivity index (χ4v) is 15.7. The molecule has 0 heteroatoms. The van der Waals surface area contributed by atoms with Crippen molar-refractivity contribution in [2.45, 2.75) is 111 Å². The molecule has 0 aliphatic carbocycles. The first-order valence-electron chi connectivity index (χ1n) is 40.8. The van der Waals surface area contributed by atoms with Gasteiger partial charge in [-0.25, -0.2) is 0 Å². The Bertz CT molecular complexity index is 6470. The van der Waals surface area contributed by atoms with Gasteiger partial charge in [0.05, 0.1) is 0 Å². The van der Waals surface area contributed by atoms with Crippen LogP contribution < -0.4 is 0 Å². The largest absolute Gasteiger partial charge is 0.0622 e. The maximum atomic E-state index is 2.30. The normalized spacial score (nSPS) is 10.8. The van der Waals surface area contributed by atoms with E-state index in [-0.39, 0.29) is 0 Å². The summed E-state index contributed by atoms with van der Waals surface area (Å²) >= 11 is 0. The van der Waals surface area contributed by atoms with E-state index in [1.54, 1.807) is 0 Å². The van der Waals surface area contributed by atoms with E-state index in [0.29, 0.717) is 0 Å². The lowest BCUT2D eigenvalue weighted by atomic mass is 9.93. The fraction of sp³-hybridized carbons (Fsp3) is 0.138. The van der Waals surface area contributed by atoms with Crippen LogP contribution in [0, 0.1) is 111 Å². The smallest absolute Gasteiger partial charge is 0.0103 e. The molecule has 20 aromatic rings. The van der Waals surface area contributed by atoms with E-state index in [4.69, 9.17) is 0 Å². The van der Waals surface area contributed by atoms with E-state index < -0.39 is 0 Å². The molecule has 0 atom stereocenters. The first-order valence-corrected chi connectivity index (χ1v) is 40.8. The van der Waals surface area contributed by atoms with Crippen LogP contribution >= 0.6 is 0 Å². The molecule has 0 spiro atoms. The third-order valence-corrected chi connectivity index (χ3v) is 22.5. The number of fused-ring (bicyclic) bond motifs is 10. The van der Waals surface area contributed by atoms with E-state index in [1.807, 2.05) is 0 Å². The van der Waals surface area contributed by atoms with Gasteiger partial charge in [-0.05, 0) is 310 Å². The third-order valence-electron chi connectivity index (χ3n) is 22.5. The maximum absolute atomic E-state index is 2.30. The van der Waals surface area contributed by atoms with Crippen molar-refractivity contribution in [3.8, 4) is 22.3 Å². The van der Waals surface area contributed by atoms with E-state index >= 15 is 0 Å². The Morgan fingerprint density at radius 3 is 0.750 bits per heavy atom. The standard InChI is InChI=1S/C20H18.3C16H14.4C12H12/c1-15-8-11-18(12-9-15)19-13-10-16(2)14-20(19)17-6-4-3-5-7-17;1-11-3-5-13-9-14-6-4-12(2)8-16(14)10-15(13)7-11;1-11-13-7-3-5-9-15(13)12(2)16-10-6-4-8-14(11)16;1-11-7-8-12(2)16-10-14-6-4-3-5-13(14)9-15(11)16;1-9-3-5-12-8-10(2)4-6-11(12)7-9;1-9-3-5-11-6-4-10(2)8-12(11)7-9;1-9-7-11-5-3-4-6-12(11)8-10(9)2;1-9-7-8-10(2)12-6-4-3-5-11(9)12/h3-14H,1-2H3;3*3-10H,1-2H3;4*3-8H,1-2H3. The lowest BCUT2D eigenvalue weighted by Gasteiger charge is -2.11. The molecule has 0 radical (unpaired) electrons. The summed E-state index contributed by atoms with van der Waals surface area (Å²) in [5.41, 5.74) is 26.6. The quantitative estimate of drug-likeness (QED) is 0.151. The van der Waals surface area contributed by atoms with Gasteiger partial charge in [0.1, 0.15) is 0 Å². The summed E-state index contributed by atoms with van der Waals surface area (Å²) in [4.78, 5) is 0. The van der Waals surface area contributed by atoms with Crippen LogP contribution in [-0.4, -0.2) is 0 Å². The Morgan fingerprint density at radius 1 is 0.121 bits per heavy atom. The van der Waals surface area contributed by atoms with E-state index in [1.165, 1.54) is 219 Å². The Kier molecular flexibility index (Phi) is 26.1. The second kappa shape index (κ2) is 37.3. The van der Waals surface area contributed by atoms with Gasteiger partial charge < -0.3 is 0 Å². The molecule has 572 valence electrons. The zero-order chi connectivity index (χ0) is 81.5. The van der Waals surface area contributed by atoms with E-state index in [0.717, 1.165) is 0 Å². The lowest BCUT2D eigenvalue weighted by molar-refractivity contribution is 1.37. The molecule has 0 fully saturated rings. The van der Waals surface area contributed by atoms with Crippen LogP contribution in [0.5, 0.6) is 0 Å². The molecule has 0 saturated carbocycles. The highest BCUT2D eigenvalue weighted by atomic mass is 14.2. The Morgan fingerprint density at radius 2 is 0.371 bits per heavy atom. The third kappa shape index (κ3) is 20.0. The Balaban J connectivity index is 0.000000116. The van der Waals surface area contributed by atoms with Crippen LogP contribution in [-0.2, 0) is 0 Å². The van der Waals surface area contributed by atoms with Gasteiger partial charge in [0.2, 0.25) is 0 Å². The first-order chi connectivity index (χ1) is 56.1. The molecule has 116 heavy (non-hydrogen) atoms. The van der Waals surface area contributed by atoms with Crippen molar-refractivity contribution in [3.63, 3.8) is 0 Å². The van der Waals surface area contributed by atoms with Crippen molar-refractivity contribution in [2.24, 2.45) is 0 Å². The molecule has 0 heterocycles. The molecule has 20 aromatic carbocycles. The van der Waals surface area contributed by atoms with Crippen LogP contribution in [0.15, 0.2) is 364 Å². The van der Waals surface area contributed by atoms with Crippen LogP contribution in [0.2, 0.25) is 0 Å². The topological polar surface area (TPSA) is 0 Å².